The van der Waals surface area contributed by atoms with Crippen molar-refractivity contribution >= 4 is 54.7 Å². The first-order valence-corrected chi connectivity index (χ1v) is 12.3. The molecule has 0 bridgehead atoms. The van der Waals surface area contributed by atoms with Crippen LogP contribution in [0, 0.1) is 0 Å². The lowest BCUT2D eigenvalue weighted by Gasteiger charge is -2.15. The molecule has 2 aromatic carbocycles. The second-order valence-electron chi connectivity index (χ2n) is 6.68. The number of nitrogens with one attached hydrogen (secondary N) is 3. The van der Waals surface area contributed by atoms with Gasteiger partial charge in [0.1, 0.15) is 10.6 Å². The van der Waals surface area contributed by atoms with Crippen LogP contribution in [0.25, 0.3) is 0 Å². The summed E-state index contributed by atoms with van der Waals surface area (Å²) in [7, 11) is -3.82. The molecule has 7 nitrogen and oxygen atoms in total. The molecule has 1 fully saturated rings. The second-order valence-corrected chi connectivity index (χ2v) is 9.65. The zero-order chi connectivity index (χ0) is 21.6. The lowest BCUT2D eigenvalue weighted by molar-refractivity contribution is 0.114. The number of hydrogen-bond acceptors (Lipinski definition) is 5. The number of rotatable bonds is 8. The predicted molar refractivity (Wildman–Crippen MR) is 126 cm³/mol. The van der Waals surface area contributed by atoms with E-state index >= 15 is 0 Å². The summed E-state index contributed by atoms with van der Waals surface area (Å²) in [6.45, 7) is 3.64. The lowest BCUT2D eigenvalue weighted by atomic mass is 10.2. The van der Waals surface area contributed by atoms with Crippen molar-refractivity contribution in [2.45, 2.75) is 30.8 Å². The molecular weight excluding hydrogens is 490 g/mol. The standard InChI is InChI=1S/C20H24BrN3O4S2/c1-2-27-18-10-5-14(21)12-19(18)30(25,26)24-16-8-6-15(7-9-16)23-20(29)22-13-17-4-3-11-28-17/h5-10,12,17,24H,2-4,11,13H2,1H3,(H2,22,23,29). The van der Waals surface area contributed by atoms with Gasteiger partial charge in [-0.3, -0.25) is 4.72 Å². The highest BCUT2D eigenvalue weighted by Crippen LogP contribution is 2.29. The molecule has 1 heterocycles. The molecule has 3 rings (SSSR count). The maximum absolute atomic E-state index is 12.9. The van der Waals surface area contributed by atoms with Crippen LogP contribution in [0.5, 0.6) is 5.75 Å². The molecule has 2 aromatic rings. The van der Waals surface area contributed by atoms with E-state index in [1.165, 1.54) is 6.07 Å². The molecule has 162 valence electrons. The molecule has 30 heavy (non-hydrogen) atoms. The fourth-order valence-electron chi connectivity index (χ4n) is 2.99. The van der Waals surface area contributed by atoms with Gasteiger partial charge in [-0.15, -0.1) is 0 Å². The highest BCUT2D eigenvalue weighted by Gasteiger charge is 2.20. The average Bonchev–Trinajstić information content (AvgIpc) is 3.23. The van der Waals surface area contributed by atoms with Gasteiger partial charge in [0.05, 0.1) is 12.7 Å². The summed E-state index contributed by atoms with van der Waals surface area (Å²) in [6.07, 6.45) is 2.31. The van der Waals surface area contributed by atoms with Gasteiger partial charge in [-0.25, -0.2) is 8.42 Å². The van der Waals surface area contributed by atoms with Gasteiger partial charge < -0.3 is 20.1 Å². The zero-order valence-electron chi connectivity index (χ0n) is 16.5. The number of sulfonamides is 1. The number of benzene rings is 2. The van der Waals surface area contributed by atoms with E-state index < -0.39 is 10.0 Å². The zero-order valence-corrected chi connectivity index (χ0v) is 19.7. The van der Waals surface area contributed by atoms with Crippen LogP contribution in [-0.4, -0.2) is 39.4 Å². The van der Waals surface area contributed by atoms with Crippen molar-refractivity contribution in [1.82, 2.24) is 5.32 Å². The van der Waals surface area contributed by atoms with E-state index in [1.807, 2.05) is 0 Å². The molecular formula is C20H24BrN3O4S2. The molecule has 1 unspecified atom stereocenters. The first-order chi connectivity index (χ1) is 14.4. The third kappa shape index (κ3) is 6.31. The van der Waals surface area contributed by atoms with E-state index in [9.17, 15) is 8.42 Å². The van der Waals surface area contributed by atoms with E-state index in [0.29, 0.717) is 34.2 Å². The van der Waals surface area contributed by atoms with Crippen molar-refractivity contribution in [1.29, 1.82) is 0 Å². The summed E-state index contributed by atoms with van der Waals surface area (Å²) in [5, 5.41) is 6.71. The molecule has 3 N–H and O–H groups in total. The maximum atomic E-state index is 12.9. The number of anilines is 2. The molecule has 0 spiro atoms. The molecule has 1 saturated heterocycles. The quantitative estimate of drug-likeness (QED) is 0.457. The Bertz CT molecular complexity index is 978. The van der Waals surface area contributed by atoms with Crippen molar-refractivity contribution in [3.63, 3.8) is 0 Å². The van der Waals surface area contributed by atoms with Gasteiger partial charge in [-0.05, 0) is 74.4 Å². The number of hydrogen-bond donors (Lipinski definition) is 3. The molecule has 0 saturated carbocycles. The Hall–Kier alpha value is -1.88. The van der Waals surface area contributed by atoms with E-state index in [-0.39, 0.29) is 11.0 Å². The number of ether oxygens (including phenoxy) is 2. The van der Waals surface area contributed by atoms with E-state index in [1.54, 1.807) is 43.3 Å². The molecule has 1 atom stereocenters. The van der Waals surface area contributed by atoms with Gasteiger partial charge >= 0.3 is 0 Å². The minimum Gasteiger partial charge on any atom is -0.492 e. The van der Waals surface area contributed by atoms with Crippen LogP contribution in [0.3, 0.4) is 0 Å². The third-order valence-corrected chi connectivity index (χ3v) is 6.55. The van der Waals surface area contributed by atoms with Crippen molar-refractivity contribution in [3.05, 3.63) is 46.9 Å². The Labute approximate surface area is 190 Å². The van der Waals surface area contributed by atoms with Gasteiger partial charge in [0.15, 0.2) is 5.11 Å². The highest BCUT2D eigenvalue weighted by molar-refractivity contribution is 9.10. The van der Waals surface area contributed by atoms with E-state index in [2.05, 4.69) is 31.3 Å². The number of thiocarbonyl (C=S) groups is 1. The monoisotopic (exact) mass is 513 g/mol. The molecule has 10 heteroatoms. The number of halogens is 1. The molecule has 0 radical (unpaired) electrons. The summed E-state index contributed by atoms with van der Waals surface area (Å²) in [5.41, 5.74) is 1.18. The Morgan fingerprint density at radius 2 is 1.97 bits per heavy atom. The van der Waals surface area contributed by atoms with Gasteiger partial charge in [-0.1, -0.05) is 15.9 Å². The van der Waals surface area contributed by atoms with Crippen molar-refractivity contribution in [3.8, 4) is 5.75 Å². The van der Waals surface area contributed by atoms with Gasteiger partial charge in [-0.2, -0.15) is 0 Å². The Morgan fingerprint density at radius 1 is 1.23 bits per heavy atom. The van der Waals surface area contributed by atoms with Crippen LogP contribution in [0.4, 0.5) is 11.4 Å². The predicted octanol–water partition coefficient (Wildman–Crippen LogP) is 4.11. The van der Waals surface area contributed by atoms with Crippen molar-refractivity contribution in [2.24, 2.45) is 0 Å². The summed E-state index contributed by atoms with van der Waals surface area (Å²) in [6, 6.07) is 11.7. The molecule has 0 aliphatic carbocycles. The van der Waals surface area contributed by atoms with E-state index in [4.69, 9.17) is 21.7 Å². The smallest absolute Gasteiger partial charge is 0.265 e. The van der Waals surface area contributed by atoms with Gasteiger partial charge in [0.2, 0.25) is 0 Å². The second kappa shape index (κ2) is 10.4. The largest absolute Gasteiger partial charge is 0.492 e. The summed E-state index contributed by atoms with van der Waals surface area (Å²) >= 11 is 8.61. The summed E-state index contributed by atoms with van der Waals surface area (Å²) < 4.78 is 40.0. The maximum Gasteiger partial charge on any atom is 0.265 e. The van der Waals surface area contributed by atoms with Crippen molar-refractivity contribution < 1.29 is 17.9 Å². The lowest BCUT2D eigenvalue weighted by Crippen LogP contribution is -2.34. The minimum atomic E-state index is -3.82. The highest BCUT2D eigenvalue weighted by atomic mass is 79.9. The summed E-state index contributed by atoms with van der Waals surface area (Å²) in [5.74, 6) is 0.300. The van der Waals surface area contributed by atoms with Gasteiger partial charge in [0.25, 0.3) is 10.0 Å². The fourth-order valence-corrected chi connectivity index (χ4v) is 4.93. The van der Waals surface area contributed by atoms with Crippen LogP contribution in [0.15, 0.2) is 51.8 Å². The van der Waals surface area contributed by atoms with E-state index in [0.717, 1.165) is 25.1 Å². The van der Waals surface area contributed by atoms with Crippen LogP contribution >= 0.6 is 28.1 Å². The van der Waals surface area contributed by atoms with Crippen LogP contribution in [-0.2, 0) is 14.8 Å². The summed E-state index contributed by atoms with van der Waals surface area (Å²) in [4.78, 5) is 0.0698. The Morgan fingerprint density at radius 3 is 2.63 bits per heavy atom. The average molecular weight is 514 g/mol. The molecule has 0 amide bonds. The van der Waals surface area contributed by atoms with Crippen LogP contribution < -0.4 is 20.1 Å². The first-order valence-electron chi connectivity index (χ1n) is 9.59. The van der Waals surface area contributed by atoms with Crippen LogP contribution in [0.2, 0.25) is 0 Å². The SMILES string of the molecule is CCOc1ccc(Br)cc1S(=O)(=O)Nc1ccc(NC(=S)NCC2CCCO2)cc1. The molecule has 1 aliphatic heterocycles. The molecule has 0 aromatic heterocycles. The van der Waals surface area contributed by atoms with Crippen molar-refractivity contribution in [2.75, 3.05) is 29.8 Å². The third-order valence-electron chi connectivity index (χ3n) is 4.40. The van der Waals surface area contributed by atoms with Crippen LogP contribution in [0.1, 0.15) is 19.8 Å². The van der Waals surface area contributed by atoms with Gasteiger partial charge in [0, 0.05) is 29.0 Å². The topological polar surface area (TPSA) is 88.7 Å². The fraction of sp³-hybridized carbons (Fsp3) is 0.350. The minimum absolute atomic E-state index is 0.0698. The normalized spacial score (nSPS) is 16.1. The first kappa shape index (κ1) is 22.8. The molecule has 1 aliphatic rings. The Balaban J connectivity index is 1.62. The Kier molecular flexibility index (Phi) is 7.93.